The number of alkyl halides is 3. The topological polar surface area (TPSA) is 122 Å². The fourth-order valence-corrected chi connectivity index (χ4v) is 9.53. The summed E-state index contributed by atoms with van der Waals surface area (Å²) in [6, 6.07) is 74.5. The number of pyridine rings is 1. The summed E-state index contributed by atoms with van der Waals surface area (Å²) in [5.41, 5.74) is 10.6. The number of aromatic nitrogens is 7. The molecule has 0 atom stereocenters. The molecule has 0 fully saturated rings. The molecule has 14 nitrogen and oxygen atoms in total. The van der Waals surface area contributed by atoms with Crippen molar-refractivity contribution in [1.82, 2.24) is 24.3 Å². The summed E-state index contributed by atoms with van der Waals surface area (Å²) in [5, 5.41) is 6.47. The second kappa shape index (κ2) is 28.6. The van der Waals surface area contributed by atoms with Gasteiger partial charge >= 0.3 is 6.18 Å². The fourth-order valence-electron chi connectivity index (χ4n) is 9.53. The number of nitrogens with zero attached hydrogens (tertiary/aromatic N) is 7. The van der Waals surface area contributed by atoms with E-state index in [1.807, 2.05) is 141 Å². The Morgan fingerprint density at radius 1 is 0.443 bits per heavy atom. The van der Waals surface area contributed by atoms with Crippen LogP contribution in [0.3, 0.4) is 0 Å². The van der Waals surface area contributed by atoms with Crippen molar-refractivity contribution in [3.8, 4) is 119 Å². The van der Waals surface area contributed by atoms with E-state index in [0.717, 1.165) is 73.9 Å². The van der Waals surface area contributed by atoms with Gasteiger partial charge in [-0.05, 0) is 88.2 Å². The molecule has 0 saturated carbocycles. The predicted octanol–water partition coefficient (Wildman–Crippen LogP) is 13.6. The molecule has 0 amide bonds. The maximum absolute atomic E-state index is 12.2. The van der Waals surface area contributed by atoms with Crippen molar-refractivity contribution >= 4 is 0 Å². The van der Waals surface area contributed by atoms with Crippen LogP contribution in [0.4, 0.5) is 13.2 Å². The normalized spacial score (nSPS) is 10.8. The minimum atomic E-state index is -4.46. The van der Waals surface area contributed by atoms with Gasteiger partial charge in [-0.2, -0.15) is 25.3 Å². The molecule has 0 saturated heterocycles. The van der Waals surface area contributed by atoms with Gasteiger partial charge < -0.3 is 52.5 Å². The van der Waals surface area contributed by atoms with Crippen LogP contribution in [0.15, 0.2) is 219 Å². The van der Waals surface area contributed by atoms with Crippen molar-refractivity contribution in [2.75, 3.05) is 49.8 Å². The minimum absolute atomic E-state index is 0. The molecule has 4 heterocycles. The molecule has 0 aliphatic heterocycles. The molecule has 12 rings (SSSR count). The zero-order valence-corrected chi connectivity index (χ0v) is 51.1. The first-order chi connectivity index (χ1) is 42.5. The van der Waals surface area contributed by atoms with E-state index >= 15 is 0 Å². The molecule has 88 heavy (non-hydrogen) atoms. The molecule has 0 bridgehead atoms. The SMILES string of the molecule is COc1c[c-]c(-n2[c-][n+](-c3ccc(OC)cc3OC)c(-c3ccccc3)c2-c2ccccc2)c(OC)c1.COc1ccc(-[n+]2[c-]n(-c3[c-]cc(OC)cc3OC)c(-c3ccccc3)c2-c2ccccc2)cc1.FC(F)(F)c1cc(-c2ccccn2)[n-]n1.[Ir]. The molecule has 4 aromatic heterocycles. The first kappa shape index (κ1) is 62.1. The van der Waals surface area contributed by atoms with Crippen LogP contribution in [0.1, 0.15) is 5.69 Å². The summed E-state index contributed by atoms with van der Waals surface area (Å²) in [6.45, 7) is 0. The van der Waals surface area contributed by atoms with E-state index in [1.54, 1.807) is 80.1 Å². The van der Waals surface area contributed by atoms with Gasteiger partial charge in [-0.1, -0.05) is 145 Å². The molecule has 0 unspecified atom stereocenters. The Bertz CT molecular complexity index is 4100. The third kappa shape index (κ3) is 13.6. The maximum Gasteiger partial charge on any atom is 0.431 e. The molecule has 8 aromatic carbocycles. The van der Waals surface area contributed by atoms with Crippen molar-refractivity contribution in [2.45, 2.75) is 6.18 Å². The average molecular weight is 1360 g/mol. The standard InChI is InChI=1S/C31H27N2O4.C30H25N2O3.C9H5F3N3.Ir/c1-34-24-15-17-26(28(19-24)36-3)32-21-33(27-18-16-25(35-2)20-29(27)37-4)31(23-13-9-6-10-14-23)30(32)22-11-7-5-8-12-22;1-33-25-16-14-24(15-17-25)31-21-32(27-19-18-26(34-2)20-28(27)35-3)30(23-12-8-5-9-13-23)29(31)22-10-6-4-7-11-22;10-9(11,12)8-5-7(14-15-8)6-3-1-2-4-13-6;/h5-17,19-20H,1-4H3;4-18,20H,1-3H3;1-5H;/q3*-1;. The first-order valence-electron chi connectivity index (χ1n) is 27.0. The zero-order chi connectivity index (χ0) is 60.9. The number of hydrogen-bond acceptors (Lipinski definition) is 9. The molecule has 0 spiro atoms. The monoisotopic (exact) mass is 1360 g/mol. The predicted molar refractivity (Wildman–Crippen MR) is 323 cm³/mol. The van der Waals surface area contributed by atoms with Crippen molar-refractivity contribution in [2.24, 2.45) is 0 Å². The van der Waals surface area contributed by atoms with Crippen molar-refractivity contribution in [3.63, 3.8) is 0 Å². The Morgan fingerprint density at radius 2 is 0.875 bits per heavy atom. The van der Waals surface area contributed by atoms with Crippen LogP contribution in [0.2, 0.25) is 0 Å². The number of halogens is 3. The van der Waals surface area contributed by atoms with E-state index in [2.05, 4.69) is 93.1 Å². The molecular formula is C70H57F3IrN7O7-3. The van der Waals surface area contributed by atoms with Gasteiger partial charge in [0.2, 0.25) is 0 Å². The average Bonchev–Trinajstić information content (AvgIpc) is 2.83. The van der Waals surface area contributed by atoms with Crippen LogP contribution in [-0.2, 0) is 26.3 Å². The van der Waals surface area contributed by atoms with Crippen molar-refractivity contribution < 1.29 is 75.6 Å². The van der Waals surface area contributed by atoms with E-state index in [1.165, 1.54) is 6.20 Å². The summed E-state index contributed by atoms with van der Waals surface area (Å²) in [4.78, 5) is 3.87. The van der Waals surface area contributed by atoms with Gasteiger partial charge in [0.15, 0.2) is 0 Å². The van der Waals surface area contributed by atoms with Gasteiger partial charge in [-0.25, -0.2) is 0 Å². The minimum Gasteiger partial charge on any atom is -0.573 e. The fraction of sp³-hybridized carbons (Fsp3) is 0.114. The Balaban J connectivity index is 0.000000169. The summed E-state index contributed by atoms with van der Waals surface area (Å²) >= 11 is 0. The molecule has 0 aliphatic carbocycles. The number of ether oxygens (including phenoxy) is 7. The largest absolute Gasteiger partial charge is 0.573 e. The van der Waals surface area contributed by atoms with Crippen LogP contribution in [0.25, 0.3) is 79.2 Å². The third-order valence-electron chi connectivity index (χ3n) is 13.7. The van der Waals surface area contributed by atoms with E-state index in [9.17, 15) is 13.2 Å². The number of rotatable bonds is 16. The van der Waals surface area contributed by atoms with E-state index in [-0.39, 0.29) is 25.8 Å². The van der Waals surface area contributed by atoms with Crippen LogP contribution >= 0.6 is 0 Å². The first-order valence-corrected chi connectivity index (χ1v) is 27.0. The van der Waals surface area contributed by atoms with Crippen LogP contribution in [0, 0.1) is 24.8 Å². The van der Waals surface area contributed by atoms with Gasteiger partial charge in [0.1, 0.15) is 28.6 Å². The van der Waals surface area contributed by atoms with Crippen molar-refractivity contribution in [3.05, 3.63) is 249 Å². The molecule has 1 radical (unpaired) electrons. The molecule has 12 aromatic rings. The van der Waals surface area contributed by atoms with Gasteiger partial charge in [-0.15, -0.1) is 12.1 Å². The zero-order valence-electron chi connectivity index (χ0n) is 48.7. The Labute approximate surface area is 521 Å². The quantitative estimate of drug-likeness (QED) is 0.0683. The van der Waals surface area contributed by atoms with Gasteiger partial charge in [0.25, 0.3) is 12.7 Å². The van der Waals surface area contributed by atoms with Crippen LogP contribution in [0.5, 0.6) is 40.2 Å². The molecule has 0 N–H and O–H groups in total. The van der Waals surface area contributed by atoms with E-state index in [4.69, 9.17) is 33.2 Å². The maximum atomic E-state index is 12.2. The third-order valence-corrected chi connectivity index (χ3v) is 13.7. The number of hydrogen-bond donors (Lipinski definition) is 0. The second-order valence-corrected chi connectivity index (χ2v) is 18.9. The number of imidazole rings is 2. The number of benzene rings is 8. The second-order valence-electron chi connectivity index (χ2n) is 18.9. The van der Waals surface area contributed by atoms with Crippen molar-refractivity contribution in [1.29, 1.82) is 0 Å². The van der Waals surface area contributed by atoms with Crippen LogP contribution < -0.4 is 47.4 Å². The number of methoxy groups -OCH3 is 7. The van der Waals surface area contributed by atoms with Gasteiger partial charge in [0.05, 0.1) is 78.2 Å². The molecule has 0 aliphatic rings. The molecule has 18 heteroatoms. The summed E-state index contributed by atoms with van der Waals surface area (Å²) < 4.78 is 83.6. The van der Waals surface area contributed by atoms with Gasteiger partial charge in [-0.3, -0.25) is 14.1 Å². The van der Waals surface area contributed by atoms with E-state index in [0.29, 0.717) is 45.9 Å². The molecule has 447 valence electrons. The Kier molecular flexibility index (Phi) is 20.2. The Morgan fingerprint density at radius 3 is 1.31 bits per heavy atom. The smallest absolute Gasteiger partial charge is 0.431 e. The Hall–Kier alpha value is -10.4. The summed E-state index contributed by atoms with van der Waals surface area (Å²) in [6.07, 6.45) is 4.16. The molecular weight excluding hydrogens is 1300 g/mol. The van der Waals surface area contributed by atoms with E-state index < -0.39 is 11.9 Å². The summed E-state index contributed by atoms with van der Waals surface area (Å²) in [5.74, 6) is 4.72. The summed E-state index contributed by atoms with van der Waals surface area (Å²) in [7, 11) is 11.5. The van der Waals surface area contributed by atoms with Gasteiger partial charge in [0, 0.05) is 61.1 Å². The van der Waals surface area contributed by atoms with Crippen LogP contribution in [-0.4, -0.2) is 69.0 Å².